The van der Waals surface area contributed by atoms with Gasteiger partial charge in [0.2, 0.25) is 0 Å². The van der Waals surface area contributed by atoms with Crippen LogP contribution in [0.2, 0.25) is 0 Å². The van der Waals surface area contributed by atoms with E-state index in [0.29, 0.717) is 9.80 Å². The van der Waals surface area contributed by atoms with Gasteiger partial charge in [-0.2, -0.15) is 0 Å². The van der Waals surface area contributed by atoms with E-state index in [1.807, 2.05) is 70.2 Å². The zero-order valence-corrected chi connectivity index (χ0v) is 23.8. The molecule has 0 aromatic heterocycles. The molecule has 0 heterocycles. The van der Waals surface area contributed by atoms with Crippen molar-refractivity contribution in [3.05, 3.63) is 131 Å². The maximum atomic E-state index is 14.2. The van der Waals surface area contributed by atoms with Crippen molar-refractivity contribution in [3.8, 4) is 0 Å². The van der Waals surface area contributed by atoms with E-state index in [2.05, 4.69) is 77.8 Å². The van der Waals surface area contributed by atoms with E-state index < -0.39 is 35.2 Å². The minimum atomic E-state index is -3.11. The van der Waals surface area contributed by atoms with Gasteiger partial charge in [0.25, 0.3) is 0 Å². The molecule has 0 aliphatic carbocycles. The molecular weight excluding hydrogens is 527 g/mol. The molecule has 0 bridgehead atoms. The Labute approximate surface area is 220 Å². The van der Waals surface area contributed by atoms with Gasteiger partial charge in [-0.05, 0) is 0 Å². The van der Waals surface area contributed by atoms with Gasteiger partial charge in [-0.3, -0.25) is 0 Å². The van der Waals surface area contributed by atoms with Gasteiger partial charge in [0.1, 0.15) is 0 Å². The molecule has 4 heteroatoms. The molecule has 4 aromatic rings. The molecule has 0 spiro atoms. The number of hydrogen-bond donors (Lipinski definition) is 1. The Kier molecular flexibility index (Phi) is 8.12. The third-order valence-corrected chi connectivity index (χ3v) is 15.7. The molecule has 2 atom stereocenters. The van der Waals surface area contributed by atoms with Gasteiger partial charge in [-0.1, -0.05) is 0 Å². The zero-order chi connectivity index (χ0) is 25.8. The summed E-state index contributed by atoms with van der Waals surface area (Å²) < 4.78 is 17.8. The summed E-state index contributed by atoms with van der Waals surface area (Å²) >= 11 is -3.11. The summed E-state index contributed by atoms with van der Waals surface area (Å²) in [6, 6.07) is 39.3. The summed E-state index contributed by atoms with van der Waals surface area (Å²) in [5, 5.41) is 11.7. The van der Waals surface area contributed by atoms with Crippen LogP contribution in [0.1, 0.15) is 26.3 Å². The van der Waals surface area contributed by atoms with Gasteiger partial charge in [-0.25, -0.2) is 0 Å². The number of hydrogen-bond acceptors (Lipinski definition) is 2. The molecule has 0 amide bonds. The molecule has 4 aromatic carbocycles. The summed E-state index contributed by atoms with van der Waals surface area (Å²) in [4.78, 5) is 3.49. The fraction of sp³-hybridized carbons (Fsp3) is 0.188. The SMILES string of the molecule is Cc1ccc([S@](=O)/C(=C/[Se](c2ccccc2)(c2ccccc2)c2ccccc2)[C@@H](O)C(C)(C)C)cc1. The first-order chi connectivity index (χ1) is 17.2. The van der Waals surface area contributed by atoms with Crippen molar-refractivity contribution in [1.29, 1.82) is 0 Å². The number of benzene rings is 4. The van der Waals surface area contributed by atoms with Crippen LogP contribution in [0.4, 0.5) is 0 Å². The average molecular weight is 562 g/mol. The van der Waals surface area contributed by atoms with Crippen molar-refractivity contribution in [2.75, 3.05) is 0 Å². The van der Waals surface area contributed by atoms with E-state index in [9.17, 15) is 9.32 Å². The molecule has 0 saturated heterocycles. The van der Waals surface area contributed by atoms with Crippen molar-refractivity contribution >= 4 is 37.0 Å². The summed E-state index contributed by atoms with van der Waals surface area (Å²) in [5.41, 5.74) is 0.625. The zero-order valence-electron chi connectivity index (χ0n) is 21.3. The van der Waals surface area contributed by atoms with Crippen LogP contribution in [0, 0.1) is 12.3 Å². The monoisotopic (exact) mass is 562 g/mol. The third kappa shape index (κ3) is 5.48. The van der Waals surface area contributed by atoms with Crippen LogP contribution in [0.3, 0.4) is 0 Å². The van der Waals surface area contributed by atoms with E-state index in [4.69, 9.17) is 0 Å². The van der Waals surface area contributed by atoms with Crippen molar-refractivity contribution in [1.82, 2.24) is 0 Å². The predicted octanol–water partition coefficient (Wildman–Crippen LogP) is 5.10. The molecule has 0 fully saturated rings. The predicted molar refractivity (Wildman–Crippen MR) is 155 cm³/mol. The van der Waals surface area contributed by atoms with Crippen LogP contribution in [0.25, 0.3) is 0 Å². The molecule has 36 heavy (non-hydrogen) atoms. The number of rotatable bonds is 7. The Morgan fingerprint density at radius 3 is 1.47 bits per heavy atom. The minimum absolute atomic E-state index is 0.487. The molecule has 0 radical (unpaired) electrons. The second-order valence-electron chi connectivity index (χ2n) is 9.97. The summed E-state index contributed by atoms with van der Waals surface area (Å²) in [6.07, 6.45) is -0.882. The Balaban J connectivity index is 2.09. The van der Waals surface area contributed by atoms with Crippen LogP contribution in [0.5, 0.6) is 0 Å². The first-order valence-corrected chi connectivity index (χ1v) is 16.8. The van der Waals surface area contributed by atoms with Gasteiger partial charge >= 0.3 is 221 Å². The number of aliphatic hydroxyl groups excluding tert-OH is 1. The second kappa shape index (κ2) is 11.1. The Bertz CT molecular complexity index is 1230. The standard InChI is InChI=1S/C32H34O2SSe/c1-25-20-22-26(23-21-25)35(34)30(31(33)32(2,3)4)24-36(27-14-8-5-9-15-27,28-16-10-6-11-17-28)29-18-12-7-13-19-29/h5-24,31,33H,1-4H3/b30-24+/t31-,35+/m1/s1. The average Bonchev–Trinajstić information content (AvgIpc) is 2.90. The van der Waals surface area contributed by atoms with Gasteiger partial charge in [0.15, 0.2) is 0 Å². The first kappa shape index (κ1) is 26.3. The molecule has 4 rings (SSSR count). The van der Waals surface area contributed by atoms with Crippen LogP contribution in [-0.4, -0.2) is 28.3 Å². The first-order valence-electron chi connectivity index (χ1n) is 12.1. The van der Waals surface area contributed by atoms with E-state index >= 15 is 0 Å². The fourth-order valence-corrected chi connectivity index (χ4v) is 14.0. The third-order valence-electron chi connectivity index (χ3n) is 6.18. The van der Waals surface area contributed by atoms with E-state index in [1.54, 1.807) is 0 Å². The van der Waals surface area contributed by atoms with Gasteiger partial charge < -0.3 is 0 Å². The van der Waals surface area contributed by atoms with Gasteiger partial charge in [0.05, 0.1) is 0 Å². The summed E-state index contributed by atoms with van der Waals surface area (Å²) in [7, 11) is -1.52. The Morgan fingerprint density at radius 1 is 0.722 bits per heavy atom. The van der Waals surface area contributed by atoms with E-state index in [1.165, 1.54) is 13.4 Å². The van der Waals surface area contributed by atoms with Crippen molar-refractivity contribution in [2.24, 2.45) is 5.41 Å². The molecule has 186 valence electrons. The molecular formula is C32H34O2SSe. The van der Waals surface area contributed by atoms with Crippen LogP contribution >= 0.6 is 0 Å². The maximum absolute atomic E-state index is 14.2. The van der Waals surface area contributed by atoms with Crippen LogP contribution in [0.15, 0.2) is 130 Å². The van der Waals surface area contributed by atoms with Crippen molar-refractivity contribution in [2.45, 2.75) is 38.7 Å². The van der Waals surface area contributed by atoms with Gasteiger partial charge in [0, 0.05) is 0 Å². The quantitative estimate of drug-likeness (QED) is 0.319. The molecule has 0 aliphatic heterocycles. The van der Waals surface area contributed by atoms with E-state index in [0.717, 1.165) is 5.56 Å². The molecule has 1 N–H and O–H groups in total. The normalized spacial score (nSPS) is 14.8. The van der Waals surface area contributed by atoms with Crippen LogP contribution in [-0.2, 0) is 10.8 Å². The Hall–Kier alpha value is -2.75. The summed E-state index contributed by atoms with van der Waals surface area (Å²) in [6.45, 7) is 8.01. The molecule has 2 nitrogen and oxygen atoms in total. The number of aliphatic hydroxyl groups is 1. The van der Waals surface area contributed by atoms with Crippen molar-refractivity contribution in [3.63, 3.8) is 0 Å². The topological polar surface area (TPSA) is 37.3 Å². The Morgan fingerprint density at radius 2 is 1.11 bits per heavy atom. The van der Waals surface area contributed by atoms with E-state index in [-0.39, 0.29) is 0 Å². The fourth-order valence-electron chi connectivity index (χ4n) is 4.13. The number of aryl methyl sites for hydroxylation is 1. The van der Waals surface area contributed by atoms with Crippen molar-refractivity contribution < 1.29 is 9.32 Å². The molecule has 0 aliphatic rings. The summed E-state index contributed by atoms with van der Waals surface area (Å²) in [5.74, 6) is 0. The van der Waals surface area contributed by atoms with Gasteiger partial charge in [-0.15, -0.1) is 0 Å². The second-order valence-corrected chi connectivity index (χ2v) is 17.7. The molecule has 0 saturated carbocycles. The van der Waals surface area contributed by atoms with Crippen LogP contribution < -0.4 is 13.4 Å². The molecule has 0 unspecified atom stereocenters.